The molecule has 2 heterocycles. The topological polar surface area (TPSA) is 100 Å². The summed E-state index contributed by atoms with van der Waals surface area (Å²) in [4.78, 5) is 17.3. The molecule has 0 aliphatic heterocycles. The van der Waals surface area contributed by atoms with Gasteiger partial charge in [0.2, 0.25) is 0 Å². The highest BCUT2D eigenvalue weighted by molar-refractivity contribution is 5.98. The first-order valence-corrected chi connectivity index (χ1v) is 12.4. The Labute approximate surface area is 225 Å². The number of aromatic nitrogens is 3. The molecule has 5 rings (SSSR count). The van der Waals surface area contributed by atoms with Gasteiger partial charge in [-0.15, -0.1) is 0 Å². The highest BCUT2D eigenvalue weighted by Gasteiger charge is 2.47. The zero-order valence-corrected chi connectivity index (χ0v) is 21.4. The molecular weight excluding hydrogens is 535 g/mol. The van der Waals surface area contributed by atoms with Gasteiger partial charge in [-0.2, -0.15) is 13.9 Å². The van der Waals surface area contributed by atoms with Crippen LogP contribution in [0.25, 0.3) is 22.2 Å². The van der Waals surface area contributed by atoms with Gasteiger partial charge in [-0.3, -0.25) is 4.79 Å². The first-order chi connectivity index (χ1) is 18.8. The van der Waals surface area contributed by atoms with E-state index in [1.54, 1.807) is 0 Å². The molecule has 12 heteroatoms. The molecule has 0 saturated heterocycles. The molecule has 0 bridgehead atoms. The minimum atomic E-state index is -2.99. The van der Waals surface area contributed by atoms with Gasteiger partial charge < -0.3 is 15.5 Å². The molecule has 1 amide bonds. The summed E-state index contributed by atoms with van der Waals surface area (Å²) in [6, 6.07) is 8.17. The Hall–Kier alpha value is -3.90. The van der Waals surface area contributed by atoms with Crippen LogP contribution in [0.15, 0.2) is 48.7 Å². The fourth-order valence-corrected chi connectivity index (χ4v) is 4.66. The van der Waals surface area contributed by atoms with Crippen molar-refractivity contribution in [3.63, 3.8) is 0 Å². The maximum atomic E-state index is 15.5. The fraction of sp³-hybridized carbons (Fsp3) is 0.321. The number of benzene rings is 2. The molecule has 210 valence electrons. The van der Waals surface area contributed by atoms with E-state index < -0.39 is 47.7 Å². The van der Waals surface area contributed by atoms with Crippen molar-refractivity contribution in [3.8, 4) is 11.3 Å². The Morgan fingerprint density at radius 1 is 1.10 bits per heavy atom. The van der Waals surface area contributed by atoms with Gasteiger partial charge in [0.1, 0.15) is 22.6 Å². The van der Waals surface area contributed by atoms with Crippen LogP contribution in [-0.2, 0) is 11.2 Å². The number of carbonyl (C=O) groups excluding carboxylic acids is 1. The predicted octanol–water partition coefficient (Wildman–Crippen LogP) is 5.17. The Balaban J connectivity index is 1.50. The van der Waals surface area contributed by atoms with Gasteiger partial charge in [0.25, 0.3) is 5.91 Å². The highest BCUT2D eigenvalue weighted by atomic mass is 19.3. The minimum absolute atomic E-state index is 0.0122. The molecule has 1 fully saturated rings. The molecule has 40 heavy (non-hydrogen) atoms. The summed E-state index contributed by atoms with van der Waals surface area (Å²) in [6.07, 6.45) is 2.06. The lowest BCUT2D eigenvalue weighted by atomic mass is 9.87. The first-order valence-electron chi connectivity index (χ1n) is 12.4. The summed E-state index contributed by atoms with van der Waals surface area (Å²) in [7, 11) is 0. The number of nitrogens with zero attached hydrogens (tertiary/aromatic N) is 3. The lowest BCUT2D eigenvalue weighted by Crippen LogP contribution is -2.43. The van der Waals surface area contributed by atoms with E-state index in [-0.39, 0.29) is 49.6 Å². The molecule has 1 aliphatic carbocycles. The molecule has 1 aliphatic rings. The molecule has 2 aromatic heterocycles. The number of alkyl halides is 2. The molecule has 1 atom stereocenters. The molecule has 3 N–H and O–H groups in total. The number of halogens is 5. The summed E-state index contributed by atoms with van der Waals surface area (Å²) in [5, 5.41) is 28.5. The maximum Gasteiger partial charge on any atom is 0.333 e. The van der Waals surface area contributed by atoms with Crippen molar-refractivity contribution in [1.29, 1.82) is 0 Å². The van der Waals surface area contributed by atoms with E-state index in [0.29, 0.717) is 12.8 Å². The lowest BCUT2D eigenvalue weighted by molar-refractivity contribution is 0.00864. The lowest BCUT2D eigenvalue weighted by Gasteiger charge is -2.30. The van der Waals surface area contributed by atoms with Gasteiger partial charge in [0, 0.05) is 28.3 Å². The van der Waals surface area contributed by atoms with Gasteiger partial charge >= 0.3 is 6.55 Å². The number of aliphatic hydroxyl groups is 2. The second kappa shape index (κ2) is 9.93. The third kappa shape index (κ3) is 5.16. The van der Waals surface area contributed by atoms with Crippen molar-refractivity contribution in [2.24, 2.45) is 5.92 Å². The van der Waals surface area contributed by atoms with Crippen molar-refractivity contribution in [3.05, 3.63) is 82.9 Å². The van der Waals surface area contributed by atoms with Gasteiger partial charge in [-0.05, 0) is 75.1 Å². The third-order valence-electron chi connectivity index (χ3n) is 6.99. The zero-order chi connectivity index (χ0) is 29.0. The van der Waals surface area contributed by atoms with E-state index in [1.807, 2.05) is 0 Å². The SMILES string of the molecule is CC(C)(O)c1cc([C@@](O)(CNC(=O)c2cc(F)c3nn(C(F)F)cc3c2)C2CC2)nc(-c2ccc(F)cc2)c1F. The minimum Gasteiger partial charge on any atom is -0.386 e. The van der Waals surface area contributed by atoms with Gasteiger partial charge in [-0.25, -0.2) is 22.8 Å². The maximum absolute atomic E-state index is 15.5. The van der Waals surface area contributed by atoms with Crippen LogP contribution in [0.3, 0.4) is 0 Å². The first kappa shape index (κ1) is 27.7. The second-order valence-corrected chi connectivity index (χ2v) is 10.4. The summed E-state index contributed by atoms with van der Waals surface area (Å²) in [6.45, 7) is -0.668. The van der Waals surface area contributed by atoms with Crippen LogP contribution in [0.1, 0.15) is 54.9 Å². The Bertz CT molecular complexity index is 1600. The summed E-state index contributed by atoms with van der Waals surface area (Å²) < 4.78 is 69.8. The summed E-state index contributed by atoms with van der Waals surface area (Å²) in [5.74, 6) is -3.54. The Morgan fingerprint density at radius 3 is 2.38 bits per heavy atom. The van der Waals surface area contributed by atoms with E-state index in [9.17, 15) is 32.6 Å². The standard InChI is InChI=1S/C28H25F5N4O3/c1-27(2,39)19-11-21(35-24(22(19)31)14-3-7-18(29)8-4-14)28(40,17-5-6-17)13-34-25(38)15-9-16-12-37(26(32)33)36-23(16)20(30)10-15/h3-4,7-12,17,26,39-40H,5-6,13H2,1-2H3,(H,34,38)/t28-/m1/s1. The molecular formula is C28H25F5N4O3. The van der Waals surface area contributed by atoms with E-state index in [0.717, 1.165) is 24.4 Å². The zero-order valence-electron chi connectivity index (χ0n) is 21.4. The summed E-state index contributed by atoms with van der Waals surface area (Å²) in [5.41, 5.74) is -4.19. The molecule has 0 spiro atoms. The molecule has 0 unspecified atom stereocenters. The van der Waals surface area contributed by atoms with Crippen LogP contribution < -0.4 is 5.32 Å². The number of carbonyl (C=O) groups is 1. The summed E-state index contributed by atoms with van der Waals surface area (Å²) >= 11 is 0. The number of fused-ring (bicyclic) bond motifs is 1. The van der Waals surface area contributed by atoms with Crippen LogP contribution in [0, 0.1) is 23.4 Å². The van der Waals surface area contributed by atoms with E-state index in [1.165, 1.54) is 38.1 Å². The predicted molar refractivity (Wildman–Crippen MR) is 135 cm³/mol. The van der Waals surface area contributed by atoms with Crippen LogP contribution >= 0.6 is 0 Å². The van der Waals surface area contributed by atoms with Crippen molar-refractivity contribution >= 4 is 16.8 Å². The van der Waals surface area contributed by atoms with Gasteiger partial charge in [0.15, 0.2) is 11.6 Å². The Morgan fingerprint density at radius 2 is 1.77 bits per heavy atom. The number of amides is 1. The number of hydrogen-bond acceptors (Lipinski definition) is 5. The van der Waals surface area contributed by atoms with Crippen molar-refractivity contribution in [2.45, 2.75) is 44.4 Å². The highest BCUT2D eigenvalue weighted by Crippen LogP contribution is 2.46. The van der Waals surface area contributed by atoms with Crippen LogP contribution in [0.4, 0.5) is 22.0 Å². The second-order valence-electron chi connectivity index (χ2n) is 10.4. The molecule has 1 saturated carbocycles. The number of pyridine rings is 1. The Kier molecular flexibility index (Phi) is 6.87. The van der Waals surface area contributed by atoms with Crippen LogP contribution in [0.2, 0.25) is 0 Å². The molecule has 7 nitrogen and oxygen atoms in total. The average molecular weight is 561 g/mol. The number of hydrogen-bond donors (Lipinski definition) is 3. The normalized spacial score (nSPS) is 15.4. The smallest absolute Gasteiger partial charge is 0.333 e. The number of rotatable bonds is 8. The third-order valence-corrected chi connectivity index (χ3v) is 6.99. The number of nitrogens with one attached hydrogen (secondary N) is 1. The van der Waals surface area contributed by atoms with Crippen LogP contribution in [0.5, 0.6) is 0 Å². The molecule has 0 radical (unpaired) electrons. The average Bonchev–Trinajstić information content (AvgIpc) is 3.66. The van der Waals surface area contributed by atoms with Crippen molar-refractivity contribution in [2.75, 3.05) is 6.54 Å². The van der Waals surface area contributed by atoms with E-state index in [2.05, 4.69) is 15.4 Å². The molecule has 2 aromatic carbocycles. The van der Waals surface area contributed by atoms with Gasteiger partial charge in [-0.1, -0.05) is 0 Å². The van der Waals surface area contributed by atoms with Crippen molar-refractivity contribution in [1.82, 2.24) is 20.1 Å². The quantitative estimate of drug-likeness (QED) is 0.259. The fourth-order valence-electron chi connectivity index (χ4n) is 4.66. The van der Waals surface area contributed by atoms with Gasteiger partial charge in [0.05, 0.1) is 17.8 Å². The van der Waals surface area contributed by atoms with E-state index in [4.69, 9.17) is 0 Å². The van der Waals surface area contributed by atoms with Crippen LogP contribution in [-0.4, -0.2) is 37.4 Å². The largest absolute Gasteiger partial charge is 0.386 e. The molecule has 4 aromatic rings. The monoisotopic (exact) mass is 560 g/mol. The van der Waals surface area contributed by atoms with E-state index >= 15 is 4.39 Å². The van der Waals surface area contributed by atoms with Crippen molar-refractivity contribution < 1.29 is 37.0 Å².